The van der Waals surface area contributed by atoms with E-state index in [1.807, 2.05) is 24.3 Å². The van der Waals surface area contributed by atoms with Crippen LogP contribution in [0.15, 0.2) is 61.2 Å². The Kier molecular flexibility index (Phi) is 16.0. The molecule has 1 rings (SSSR count). The number of benzene rings is 1. The molecule has 5 heteroatoms. The van der Waals surface area contributed by atoms with Gasteiger partial charge in [0, 0.05) is 13.8 Å². The van der Waals surface area contributed by atoms with Gasteiger partial charge in [-0.2, -0.15) is 0 Å². The monoisotopic (exact) mass is 456 g/mol. The van der Waals surface area contributed by atoms with Crippen LogP contribution in [0.5, 0.6) is 5.75 Å². The average molecular weight is 457 g/mol. The molecule has 0 spiro atoms. The van der Waals surface area contributed by atoms with Gasteiger partial charge in [-0.05, 0) is 56.2 Å². The molecule has 0 aliphatic rings. The summed E-state index contributed by atoms with van der Waals surface area (Å²) in [5.41, 5.74) is 1.23. The first kappa shape index (κ1) is 28.2. The number of aryl methyl sites for hydroxylation is 1. The van der Waals surface area contributed by atoms with Crippen molar-refractivity contribution >= 4 is 11.9 Å². The maximum Gasteiger partial charge on any atom is 0.303 e. The van der Waals surface area contributed by atoms with Crippen LogP contribution in [0.25, 0.3) is 0 Å². The summed E-state index contributed by atoms with van der Waals surface area (Å²) < 4.78 is 15.9. The molecule has 1 atom stereocenters. The summed E-state index contributed by atoms with van der Waals surface area (Å²) in [6, 6.07) is 7.97. The van der Waals surface area contributed by atoms with E-state index in [0.29, 0.717) is 0 Å². The highest BCUT2D eigenvalue weighted by atomic mass is 16.6. The zero-order chi connectivity index (χ0) is 24.2. The molecule has 0 heterocycles. The van der Waals surface area contributed by atoms with Crippen LogP contribution in [0.3, 0.4) is 0 Å². The van der Waals surface area contributed by atoms with E-state index in [1.165, 1.54) is 45.1 Å². The van der Waals surface area contributed by atoms with Crippen molar-refractivity contribution in [1.82, 2.24) is 0 Å². The predicted molar refractivity (Wildman–Crippen MR) is 133 cm³/mol. The van der Waals surface area contributed by atoms with E-state index in [2.05, 4.69) is 36.9 Å². The zero-order valence-corrected chi connectivity index (χ0v) is 20.3. The fourth-order valence-corrected chi connectivity index (χ4v) is 3.24. The number of carbonyl (C=O) groups is 2. The molecule has 0 bridgehead atoms. The highest BCUT2D eigenvalue weighted by Gasteiger charge is 2.15. The minimum atomic E-state index is -0.626. The quantitative estimate of drug-likeness (QED) is 0.143. The molecule has 1 aromatic rings. The summed E-state index contributed by atoms with van der Waals surface area (Å²) >= 11 is 0. The lowest BCUT2D eigenvalue weighted by atomic mass is 10.0. The molecule has 182 valence electrons. The molecule has 0 aliphatic carbocycles. The lowest BCUT2D eigenvalue weighted by Gasteiger charge is -2.17. The van der Waals surface area contributed by atoms with E-state index < -0.39 is 18.0 Å². The van der Waals surface area contributed by atoms with Crippen LogP contribution in [0.2, 0.25) is 0 Å². The maximum absolute atomic E-state index is 11.2. The Morgan fingerprint density at radius 2 is 1.64 bits per heavy atom. The molecule has 0 aromatic heterocycles. The van der Waals surface area contributed by atoms with E-state index in [1.54, 1.807) is 0 Å². The summed E-state index contributed by atoms with van der Waals surface area (Å²) in [6.07, 6.45) is 20.4. The van der Waals surface area contributed by atoms with E-state index in [0.717, 1.165) is 37.9 Å². The van der Waals surface area contributed by atoms with Gasteiger partial charge in [-0.1, -0.05) is 61.8 Å². The summed E-state index contributed by atoms with van der Waals surface area (Å²) in [6.45, 7) is 6.46. The van der Waals surface area contributed by atoms with Crippen molar-refractivity contribution in [3.8, 4) is 5.75 Å². The number of carbonyl (C=O) groups excluding carboxylic acids is 2. The van der Waals surface area contributed by atoms with Crippen LogP contribution in [0, 0.1) is 0 Å². The van der Waals surface area contributed by atoms with Crippen molar-refractivity contribution in [1.29, 1.82) is 0 Å². The molecule has 0 amide bonds. The van der Waals surface area contributed by atoms with E-state index in [-0.39, 0.29) is 13.2 Å². The molecule has 0 fully saturated rings. The largest absolute Gasteiger partial charge is 0.490 e. The standard InChI is InChI=1S/C28H40O5/c1-4-5-6-7-8-9-10-11-12-13-14-15-16-18-26-19-17-20-27(21-26)32-23-28(33-25(3)30)22-31-24(2)29/h4,6-7,9-10,17,19-21,28H,1,5,8,11-16,18,22-23H2,2-3H3. The number of unbranched alkanes of at least 4 members (excludes halogenated alkanes) is 5. The lowest BCUT2D eigenvalue weighted by Crippen LogP contribution is -2.29. The van der Waals surface area contributed by atoms with Gasteiger partial charge in [-0.25, -0.2) is 0 Å². The highest BCUT2D eigenvalue weighted by Crippen LogP contribution is 2.17. The fraction of sp³-hybridized carbons (Fsp3) is 0.500. The van der Waals surface area contributed by atoms with Gasteiger partial charge >= 0.3 is 11.9 Å². The maximum atomic E-state index is 11.2. The molecule has 5 nitrogen and oxygen atoms in total. The Hall–Kier alpha value is -2.82. The van der Waals surface area contributed by atoms with Gasteiger partial charge in [0.05, 0.1) is 0 Å². The molecular weight excluding hydrogens is 416 g/mol. The van der Waals surface area contributed by atoms with Crippen LogP contribution in [0.1, 0.15) is 70.8 Å². The number of allylic oxidation sites excluding steroid dienone is 5. The van der Waals surface area contributed by atoms with Crippen molar-refractivity contribution in [2.75, 3.05) is 13.2 Å². The molecule has 0 aliphatic heterocycles. The fourth-order valence-electron chi connectivity index (χ4n) is 3.24. The molecule has 0 N–H and O–H groups in total. The van der Waals surface area contributed by atoms with Crippen molar-refractivity contribution in [2.45, 2.75) is 77.7 Å². The third-order valence-corrected chi connectivity index (χ3v) is 4.88. The van der Waals surface area contributed by atoms with Crippen molar-refractivity contribution in [3.63, 3.8) is 0 Å². The molecule has 1 aromatic carbocycles. The van der Waals surface area contributed by atoms with Gasteiger partial charge in [0.2, 0.25) is 0 Å². The Balaban J connectivity index is 2.22. The SMILES string of the molecule is C=CCC=CCC=CCCCCCCCc1cccc(OCC(COC(C)=O)OC(C)=O)c1. The van der Waals surface area contributed by atoms with E-state index in [4.69, 9.17) is 14.2 Å². The summed E-state index contributed by atoms with van der Waals surface area (Å²) in [4.78, 5) is 22.2. The third-order valence-electron chi connectivity index (χ3n) is 4.88. The first-order valence-corrected chi connectivity index (χ1v) is 11.9. The van der Waals surface area contributed by atoms with Crippen molar-refractivity contribution in [2.24, 2.45) is 0 Å². The zero-order valence-electron chi connectivity index (χ0n) is 20.3. The number of ether oxygens (including phenoxy) is 3. The lowest BCUT2D eigenvalue weighted by molar-refractivity contribution is -0.158. The molecule has 1 unspecified atom stereocenters. The van der Waals surface area contributed by atoms with Crippen molar-refractivity contribution < 1.29 is 23.8 Å². The van der Waals surface area contributed by atoms with Gasteiger partial charge < -0.3 is 14.2 Å². The first-order chi connectivity index (χ1) is 16.0. The van der Waals surface area contributed by atoms with E-state index in [9.17, 15) is 9.59 Å². The first-order valence-electron chi connectivity index (χ1n) is 11.9. The second-order valence-electron chi connectivity index (χ2n) is 8.00. The normalized spacial score (nSPS) is 12.1. The number of hydrogen-bond acceptors (Lipinski definition) is 5. The van der Waals surface area contributed by atoms with Crippen LogP contribution < -0.4 is 4.74 Å². The Labute approximate surface area is 199 Å². The van der Waals surface area contributed by atoms with Gasteiger partial charge in [0.1, 0.15) is 19.0 Å². The summed E-state index contributed by atoms with van der Waals surface area (Å²) in [7, 11) is 0. The van der Waals surface area contributed by atoms with E-state index >= 15 is 0 Å². The second kappa shape index (κ2) is 18.7. The molecule has 0 radical (unpaired) electrons. The smallest absolute Gasteiger partial charge is 0.303 e. The van der Waals surface area contributed by atoms with Gasteiger partial charge in [-0.15, -0.1) is 6.58 Å². The number of hydrogen-bond donors (Lipinski definition) is 0. The summed E-state index contributed by atoms with van der Waals surface area (Å²) in [5, 5.41) is 0. The Morgan fingerprint density at radius 3 is 2.39 bits per heavy atom. The number of esters is 2. The predicted octanol–water partition coefficient (Wildman–Crippen LogP) is 6.52. The Bertz CT molecular complexity index is 750. The van der Waals surface area contributed by atoms with Crippen LogP contribution in [-0.2, 0) is 25.5 Å². The molecule has 33 heavy (non-hydrogen) atoms. The number of rotatable bonds is 18. The minimum Gasteiger partial charge on any atom is -0.490 e. The van der Waals surface area contributed by atoms with Gasteiger partial charge in [-0.3, -0.25) is 9.59 Å². The molecule has 0 saturated heterocycles. The van der Waals surface area contributed by atoms with Crippen molar-refractivity contribution in [3.05, 3.63) is 66.8 Å². The second-order valence-corrected chi connectivity index (χ2v) is 8.00. The van der Waals surface area contributed by atoms with Crippen LogP contribution in [-0.4, -0.2) is 31.3 Å². The molecular formula is C28H40O5. The Morgan fingerprint density at radius 1 is 0.909 bits per heavy atom. The third kappa shape index (κ3) is 16.5. The van der Waals surface area contributed by atoms with Crippen LogP contribution in [0.4, 0.5) is 0 Å². The topological polar surface area (TPSA) is 61.8 Å². The average Bonchev–Trinajstić information content (AvgIpc) is 2.78. The van der Waals surface area contributed by atoms with Gasteiger partial charge in [0.15, 0.2) is 6.10 Å². The van der Waals surface area contributed by atoms with Crippen LogP contribution >= 0.6 is 0 Å². The summed E-state index contributed by atoms with van der Waals surface area (Å²) in [5.74, 6) is -0.131. The highest BCUT2D eigenvalue weighted by molar-refractivity contribution is 5.67. The molecule has 0 saturated carbocycles. The van der Waals surface area contributed by atoms with Gasteiger partial charge in [0.25, 0.3) is 0 Å². The minimum absolute atomic E-state index is 0.0167.